The van der Waals surface area contributed by atoms with Gasteiger partial charge in [-0.15, -0.1) is 0 Å². The van der Waals surface area contributed by atoms with Crippen molar-refractivity contribution < 1.29 is 0 Å². The highest BCUT2D eigenvalue weighted by Gasteiger charge is 2.21. The summed E-state index contributed by atoms with van der Waals surface area (Å²) in [4.78, 5) is 6.41. The Morgan fingerprint density at radius 3 is 2.89 bits per heavy atom. The Balaban J connectivity index is 1.97. The van der Waals surface area contributed by atoms with Gasteiger partial charge in [0.25, 0.3) is 0 Å². The largest absolute Gasteiger partial charge is 0.399 e. The second-order valence-electron chi connectivity index (χ2n) is 4.37. The van der Waals surface area contributed by atoms with E-state index in [9.17, 15) is 0 Å². The summed E-state index contributed by atoms with van der Waals surface area (Å²) in [5, 5.41) is 9.10. The Morgan fingerprint density at radius 1 is 1.22 bits per heavy atom. The number of aromatic nitrogens is 1. The van der Waals surface area contributed by atoms with Crippen molar-refractivity contribution in [3.05, 3.63) is 53.2 Å². The second kappa shape index (κ2) is 4.04. The summed E-state index contributed by atoms with van der Waals surface area (Å²) < 4.78 is 0. The first kappa shape index (κ1) is 10.6. The zero-order valence-corrected chi connectivity index (χ0v) is 9.80. The van der Waals surface area contributed by atoms with Crippen molar-refractivity contribution in [2.45, 2.75) is 13.1 Å². The number of benzene rings is 1. The van der Waals surface area contributed by atoms with Gasteiger partial charge >= 0.3 is 0 Å². The van der Waals surface area contributed by atoms with Crippen molar-refractivity contribution >= 4 is 11.5 Å². The highest BCUT2D eigenvalue weighted by atomic mass is 15.2. The van der Waals surface area contributed by atoms with Crippen molar-refractivity contribution in [2.75, 3.05) is 10.6 Å². The van der Waals surface area contributed by atoms with E-state index in [2.05, 4.69) is 16.0 Å². The minimum absolute atomic E-state index is 0.610. The fourth-order valence-electron chi connectivity index (χ4n) is 2.30. The average molecular weight is 236 g/mol. The molecule has 0 amide bonds. The summed E-state index contributed by atoms with van der Waals surface area (Å²) in [5.41, 5.74) is 9.63. The first-order chi connectivity index (χ1) is 8.78. The van der Waals surface area contributed by atoms with Crippen LogP contribution in [0.15, 0.2) is 36.5 Å². The molecular formula is C14H12N4. The Labute approximate surface area is 105 Å². The SMILES string of the molecule is N#Cc1cccnc1N1Cc2ccc(N)cc2C1. The first-order valence-electron chi connectivity index (χ1n) is 5.75. The molecule has 1 aromatic carbocycles. The number of nitrogens with two attached hydrogens (primary N) is 1. The molecule has 4 nitrogen and oxygen atoms in total. The number of anilines is 2. The van der Waals surface area contributed by atoms with Crippen LogP contribution in [0, 0.1) is 11.3 Å². The minimum Gasteiger partial charge on any atom is -0.399 e. The lowest BCUT2D eigenvalue weighted by Gasteiger charge is -2.17. The second-order valence-corrected chi connectivity index (χ2v) is 4.37. The maximum absolute atomic E-state index is 9.10. The van der Waals surface area contributed by atoms with Crippen LogP contribution in [0.2, 0.25) is 0 Å². The van der Waals surface area contributed by atoms with Crippen molar-refractivity contribution in [3.8, 4) is 6.07 Å². The Bertz CT molecular complexity index is 642. The number of nitriles is 1. The molecule has 0 bridgehead atoms. The highest BCUT2D eigenvalue weighted by Crippen LogP contribution is 2.29. The normalized spacial score (nSPS) is 13.2. The highest BCUT2D eigenvalue weighted by molar-refractivity contribution is 5.58. The molecule has 1 aliphatic rings. The van der Waals surface area contributed by atoms with Gasteiger partial charge in [-0.25, -0.2) is 4.98 Å². The molecule has 0 saturated heterocycles. The third-order valence-corrected chi connectivity index (χ3v) is 3.16. The van der Waals surface area contributed by atoms with Gasteiger partial charge in [-0.05, 0) is 35.4 Å². The minimum atomic E-state index is 0.610. The van der Waals surface area contributed by atoms with Gasteiger partial charge in [0.05, 0.1) is 5.56 Å². The summed E-state index contributed by atoms with van der Waals surface area (Å²) in [6.07, 6.45) is 1.72. The predicted molar refractivity (Wildman–Crippen MR) is 69.7 cm³/mol. The smallest absolute Gasteiger partial charge is 0.147 e. The van der Waals surface area contributed by atoms with Gasteiger partial charge in [0.15, 0.2) is 0 Å². The number of fused-ring (bicyclic) bond motifs is 1. The van der Waals surface area contributed by atoms with Crippen molar-refractivity contribution in [2.24, 2.45) is 0 Å². The molecule has 0 unspecified atom stereocenters. The van der Waals surface area contributed by atoms with E-state index in [0.717, 1.165) is 24.6 Å². The fourth-order valence-corrected chi connectivity index (χ4v) is 2.30. The maximum atomic E-state index is 9.10. The molecule has 0 radical (unpaired) electrons. The molecule has 0 atom stereocenters. The van der Waals surface area contributed by atoms with E-state index in [-0.39, 0.29) is 0 Å². The Morgan fingerprint density at radius 2 is 2.06 bits per heavy atom. The molecule has 4 heteroatoms. The fraction of sp³-hybridized carbons (Fsp3) is 0.143. The van der Waals surface area contributed by atoms with Crippen LogP contribution < -0.4 is 10.6 Å². The van der Waals surface area contributed by atoms with Gasteiger partial charge < -0.3 is 10.6 Å². The van der Waals surface area contributed by atoms with Gasteiger partial charge in [0, 0.05) is 25.0 Å². The monoisotopic (exact) mass is 236 g/mol. The molecule has 0 spiro atoms. The molecule has 2 heterocycles. The third-order valence-electron chi connectivity index (χ3n) is 3.16. The Kier molecular flexibility index (Phi) is 2.38. The summed E-state index contributed by atoms with van der Waals surface area (Å²) >= 11 is 0. The van der Waals surface area contributed by atoms with Gasteiger partial charge in [-0.1, -0.05) is 6.07 Å². The molecule has 0 fully saturated rings. The van der Waals surface area contributed by atoms with Crippen LogP contribution in [0.4, 0.5) is 11.5 Å². The molecule has 0 saturated carbocycles. The zero-order valence-electron chi connectivity index (χ0n) is 9.80. The van der Waals surface area contributed by atoms with Crippen LogP contribution in [0.25, 0.3) is 0 Å². The molecule has 1 aromatic heterocycles. The van der Waals surface area contributed by atoms with Gasteiger partial charge in [-0.3, -0.25) is 0 Å². The lowest BCUT2D eigenvalue weighted by Crippen LogP contribution is -2.17. The standard InChI is InChI=1S/C14H12N4/c15-7-10-2-1-5-17-14(10)18-8-11-3-4-13(16)6-12(11)9-18/h1-6H,8-9,16H2. The van der Waals surface area contributed by atoms with Gasteiger partial charge in [0.1, 0.15) is 11.9 Å². The molecule has 0 aliphatic carbocycles. The predicted octanol–water partition coefficient (Wildman–Crippen LogP) is 2.06. The van der Waals surface area contributed by atoms with E-state index >= 15 is 0 Å². The van der Waals surface area contributed by atoms with Gasteiger partial charge in [-0.2, -0.15) is 5.26 Å². The molecule has 1 aliphatic heterocycles. The third kappa shape index (κ3) is 1.66. The lowest BCUT2D eigenvalue weighted by molar-refractivity contribution is 0.854. The van der Waals surface area contributed by atoms with Crippen molar-refractivity contribution in [3.63, 3.8) is 0 Å². The van der Waals surface area contributed by atoms with Crippen LogP contribution >= 0.6 is 0 Å². The molecule has 18 heavy (non-hydrogen) atoms. The lowest BCUT2D eigenvalue weighted by atomic mass is 10.1. The van der Waals surface area contributed by atoms with Crippen LogP contribution in [-0.4, -0.2) is 4.98 Å². The van der Waals surface area contributed by atoms with Crippen LogP contribution in [0.5, 0.6) is 0 Å². The van der Waals surface area contributed by atoms with E-state index in [1.165, 1.54) is 11.1 Å². The molecular weight excluding hydrogens is 224 g/mol. The van der Waals surface area contributed by atoms with Gasteiger partial charge in [0.2, 0.25) is 0 Å². The number of hydrogen-bond donors (Lipinski definition) is 1. The molecule has 2 aromatic rings. The molecule has 2 N–H and O–H groups in total. The summed E-state index contributed by atoms with van der Waals surface area (Å²) in [6, 6.07) is 11.7. The van der Waals surface area contributed by atoms with Crippen molar-refractivity contribution in [1.82, 2.24) is 4.98 Å². The van der Waals surface area contributed by atoms with E-state index in [1.54, 1.807) is 18.3 Å². The van der Waals surface area contributed by atoms with E-state index in [4.69, 9.17) is 11.0 Å². The van der Waals surface area contributed by atoms with Crippen LogP contribution in [-0.2, 0) is 13.1 Å². The number of nitrogens with zero attached hydrogens (tertiary/aromatic N) is 3. The van der Waals surface area contributed by atoms with Crippen molar-refractivity contribution in [1.29, 1.82) is 5.26 Å². The van der Waals surface area contributed by atoms with Crippen LogP contribution in [0.3, 0.4) is 0 Å². The average Bonchev–Trinajstić information content (AvgIpc) is 2.81. The van der Waals surface area contributed by atoms with E-state index in [1.807, 2.05) is 18.2 Å². The van der Waals surface area contributed by atoms with E-state index < -0.39 is 0 Å². The number of nitrogen functional groups attached to an aromatic ring is 1. The molecule has 3 rings (SSSR count). The Hall–Kier alpha value is -2.54. The first-order valence-corrected chi connectivity index (χ1v) is 5.75. The summed E-state index contributed by atoms with van der Waals surface area (Å²) in [5.74, 6) is 0.745. The quantitative estimate of drug-likeness (QED) is 0.769. The summed E-state index contributed by atoms with van der Waals surface area (Å²) in [7, 11) is 0. The zero-order chi connectivity index (χ0) is 12.5. The molecule has 88 valence electrons. The van der Waals surface area contributed by atoms with Crippen LogP contribution in [0.1, 0.15) is 16.7 Å². The van der Waals surface area contributed by atoms with E-state index in [0.29, 0.717) is 5.56 Å². The summed E-state index contributed by atoms with van der Waals surface area (Å²) in [6.45, 7) is 1.54. The number of rotatable bonds is 1. The topological polar surface area (TPSA) is 65.9 Å². The number of pyridine rings is 1. The maximum Gasteiger partial charge on any atom is 0.147 e. The number of hydrogen-bond acceptors (Lipinski definition) is 4.